The maximum Gasteiger partial charge on any atom is 0.303 e. The van der Waals surface area contributed by atoms with Crippen molar-refractivity contribution < 1.29 is 14.7 Å². The summed E-state index contributed by atoms with van der Waals surface area (Å²) in [5.41, 5.74) is 0.708. The zero-order chi connectivity index (χ0) is 20.3. The van der Waals surface area contributed by atoms with Crippen LogP contribution in [0, 0.1) is 46.3 Å². The molecule has 9 atom stereocenters. The Hall–Kier alpha value is -0.380. The highest BCUT2D eigenvalue weighted by molar-refractivity contribution is 9.10. The van der Waals surface area contributed by atoms with Crippen molar-refractivity contribution in [3.63, 3.8) is 0 Å². The molecular weight excluding hydrogens is 416 g/mol. The van der Waals surface area contributed by atoms with Gasteiger partial charge in [0.15, 0.2) is 0 Å². The highest BCUT2D eigenvalue weighted by Crippen LogP contribution is 2.68. The van der Waals surface area contributed by atoms with E-state index in [-0.39, 0.29) is 4.83 Å². The predicted molar refractivity (Wildman–Crippen MR) is 114 cm³/mol. The zero-order valence-corrected chi connectivity index (χ0v) is 19.3. The number of hydrogen-bond acceptors (Lipinski definition) is 2. The van der Waals surface area contributed by atoms with Crippen LogP contribution < -0.4 is 0 Å². The summed E-state index contributed by atoms with van der Waals surface area (Å²) in [5.74, 6) is 3.86. The van der Waals surface area contributed by atoms with Crippen LogP contribution in [-0.4, -0.2) is 21.7 Å². The molecule has 28 heavy (non-hydrogen) atoms. The minimum absolute atomic E-state index is 0.0767. The van der Waals surface area contributed by atoms with Crippen LogP contribution in [-0.2, 0) is 9.59 Å². The predicted octanol–water partition coefficient (Wildman–Crippen LogP) is 6.09. The first kappa shape index (κ1) is 20.9. The van der Waals surface area contributed by atoms with Gasteiger partial charge in [0.05, 0.1) is 4.83 Å². The first-order valence-corrected chi connectivity index (χ1v) is 12.5. The van der Waals surface area contributed by atoms with Gasteiger partial charge in [0.1, 0.15) is 5.78 Å². The highest BCUT2D eigenvalue weighted by atomic mass is 79.9. The summed E-state index contributed by atoms with van der Waals surface area (Å²) in [5, 5.41) is 9.11. The lowest BCUT2D eigenvalue weighted by atomic mass is 9.44. The van der Waals surface area contributed by atoms with Crippen molar-refractivity contribution in [2.75, 3.05) is 0 Å². The van der Waals surface area contributed by atoms with Crippen molar-refractivity contribution in [3.8, 4) is 0 Å². The van der Waals surface area contributed by atoms with Crippen LogP contribution >= 0.6 is 15.9 Å². The average molecular weight is 453 g/mol. The van der Waals surface area contributed by atoms with Crippen LogP contribution in [0.25, 0.3) is 0 Å². The SMILES string of the molecule is CC(CCC(=O)O)C1CCC2C3CCC4C(Br)C(=O)CCC4(C)C3CCC12C. The van der Waals surface area contributed by atoms with E-state index < -0.39 is 5.97 Å². The second-order valence-electron chi connectivity index (χ2n) is 11.1. The Kier molecular flexibility index (Phi) is 5.51. The van der Waals surface area contributed by atoms with Crippen LogP contribution in [0.3, 0.4) is 0 Å². The van der Waals surface area contributed by atoms with Gasteiger partial charge in [-0.1, -0.05) is 36.7 Å². The van der Waals surface area contributed by atoms with E-state index in [9.17, 15) is 9.59 Å². The molecule has 4 heteroatoms. The lowest BCUT2D eigenvalue weighted by molar-refractivity contribution is -0.139. The van der Waals surface area contributed by atoms with Gasteiger partial charge in [-0.05, 0) is 97.7 Å². The van der Waals surface area contributed by atoms with E-state index in [0.717, 1.165) is 37.0 Å². The van der Waals surface area contributed by atoms with Crippen molar-refractivity contribution in [2.45, 2.75) is 89.8 Å². The number of carboxylic acid groups (broad SMARTS) is 1. The zero-order valence-electron chi connectivity index (χ0n) is 17.8. The van der Waals surface area contributed by atoms with Gasteiger partial charge in [0.25, 0.3) is 0 Å². The molecule has 4 rings (SSSR count). The molecule has 0 saturated heterocycles. The van der Waals surface area contributed by atoms with Gasteiger partial charge in [-0.25, -0.2) is 0 Å². The van der Waals surface area contributed by atoms with E-state index >= 15 is 0 Å². The van der Waals surface area contributed by atoms with Crippen molar-refractivity contribution in [1.29, 1.82) is 0 Å². The van der Waals surface area contributed by atoms with Crippen LogP contribution in [0.4, 0.5) is 0 Å². The Morgan fingerprint density at radius 1 is 1.07 bits per heavy atom. The lowest BCUT2D eigenvalue weighted by Gasteiger charge is -2.61. The lowest BCUT2D eigenvalue weighted by Crippen LogP contribution is -2.56. The number of fused-ring (bicyclic) bond motifs is 5. The largest absolute Gasteiger partial charge is 0.481 e. The third-order valence-corrected chi connectivity index (χ3v) is 11.2. The van der Waals surface area contributed by atoms with Crippen LogP contribution in [0.1, 0.15) is 85.0 Å². The van der Waals surface area contributed by atoms with Crippen LogP contribution in [0.15, 0.2) is 0 Å². The fraction of sp³-hybridized carbons (Fsp3) is 0.917. The van der Waals surface area contributed by atoms with Gasteiger partial charge in [-0.2, -0.15) is 0 Å². The molecule has 9 unspecified atom stereocenters. The minimum atomic E-state index is -0.655. The van der Waals surface area contributed by atoms with Crippen molar-refractivity contribution in [3.05, 3.63) is 0 Å². The number of aliphatic carboxylic acids is 1. The molecule has 4 saturated carbocycles. The van der Waals surface area contributed by atoms with Crippen LogP contribution in [0.2, 0.25) is 0 Å². The summed E-state index contributed by atoms with van der Waals surface area (Å²) in [4.78, 5) is 23.5. The normalized spacial score (nSPS) is 49.1. The van der Waals surface area contributed by atoms with Gasteiger partial charge in [0.2, 0.25) is 0 Å². The summed E-state index contributed by atoms with van der Waals surface area (Å²) in [7, 11) is 0. The third kappa shape index (κ3) is 3.11. The quantitative estimate of drug-likeness (QED) is 0.524. The number of Topliss-reactive ketones (excluding diaryl/α,β-unsaturated/α-hetero) is 1. The van der Waals surface area contributed by atoms with E-state index in [2.05, 4.69) is 36.7 Å². The molecule has 158 valence electrons. The fourth-order valence-electron chi connectivity index (χ4n) is 8.62. The Morgan fingerprint density at radius 3 is 2.46 bits per heavy atom. The molecule has 1 N–H and O–H groups in total. The van der Waals surface area contributed by atoms with Crippen molar-refractivity contribution in [2.24, 2.45) is 46.3 Å². The van der Waals surface area contributed by atoms with E-state index in [1.165, 1.54) is 38.5 Å². The topological polar surface area (TPSA) is 54.4 Å². The summed E-state index contributed by atoms with van der Waals surface area (Å²) in [6.07, 6.45) is 10.7. The fourth-order valence-corrected chi connectivity index (χ4v) is 9.72. The van der Waals surface area contributed by atoms with E-state index in [1.807, 2.05) is 0 Å². The number of halogens is 1. The molecule has 4 aliphatic carbocycles. The average Bonchev–Trinajstić information content (AvgIpc) is 3.00. The van der Waals surface area contributed by atoms with Gasteiger partial charge >= 0.3 is 5.97 Å². The number of ketones is 1. The third-order valence-electron chi connectivity index (χ3n) is 10.1. The van der Waals surface area contributed by atoms with Gasteiger partial charge in [0, 0.05) is 12.8 Å². The van der Waals surface area contributed by atoms with E-state index in [0.29, 0.717) is 40.8 Å². The molecular formula is C24H37BrO3. The molecule has 4 aliphatic rings. The Labute approximate surface area is 178 Å². The minimum Gasteiger partial charge on any atom is -0.481 e. The van der Waals surface area contributed by atoms with Gasteiger partial charge < -0.3 is 5.11 Å². The number of carboxylic acids is 1. The molecule has 0 aliphatic heterocycles. The van der Waals surface area contributed by atoms with E-state index in [1.54, 1.807) is 0 Å². The van der Waals surface area contributed by atoms with E-state index in [4.69, 9.17) is 5.11 Å². The first-order valence-electron chi connectivity index (χ1n) is 11.6. The van der Waals surface area contributed by atoms with Crippen molar-refractivity contribution >= 4 is 27.7 Å². The standard InChI is InChI=1S/C24H37BrO3/c1-14(4-9-21(27)28)16-7-8-17-15-5-6-19-22(25)20(26)11-13-24(19,3)18(15)10-12-23(16,17)2/h14-19,22H,4-13H2,1-3H3,(H,27,28). The number of carbonyl (C=O) groups excluding carboxylic acids is 1. The summed E-state index contributed by atoms with van der Waals surface area (Å²) >= 11 is 3.77. The molecule has 0 spiro atoms. The van der Waals surface area contributed by atoms with Crippen molar-refractivity contribution in [1.82, 2.24) is 0 Å². The highest BCUT2D eigenvalue weighted by Gasteiger charge is 2.61. The molecule has 0 heterocycles. The molecule has 0 aromatic carbocycles. The Bertz CT molecular complexity index is 648. The first-order chi connectivity index (χ1) is 13.2. The number of hydrogen-bond donors (Lipinski definition) is 1. The second-order valence-corrected chi connectivity index (χ2v) is 12.1. The summed E-state index contributed by atoms with van der Waals surface area (Å²) in [6.45, 7) is 7.34. The molecule has 4 fully saturated rings. The maximum atomic E-state index is 12.3. The Morgan fingerprint density at radius 2 is 1.75 bits per heavy atom. The molecule has 0 bridgehead atoms. The van der Waals surface area contributed by atoms with Gasteiger partial charge in [-0.15, -0.1) is 0 Å². The second kappa shape index (κ2) is 7.39. The molecule has 3 nitrogen and oxygen atoms in total. The number of rotatable bonds is 4. The smallest absolute Gasteiger partial charge is 0.303 e. The molecule has 0 amide bonds. The summed E-state index contributed by atoms with van der Waals surface area (Å²) < 4.78 is 0. The number of carbonyl (C=O) groups is 2. The summed E-state index contributed by atoms with van der Waals surface area (Å²) in [6, 6.07) is 0. The monoisotopic (exact) mass is 452 g/mol. The maximum absolute atomic E-state index is 12.3. The number of alkyl halides is 1. The Balaban J connectivity index is 1.53. The molecule has 0 aromatic heterocycles. The van der Waals surface area contributed by atoms with Gasteiger partial charge in [-0.3, -0.25) is 9.59 Å². The molecule has 0 aromatic rings. The molecule has 0 radical (unpaired) electrons. The van der Waals surface area contributed by atoms with Crippen LogP contribution in [0.5, 0.6) is 0 Å².